The molecule has 0 aliphatic rings. The Labute approximate surface area is 124 Å². The Morgan fingerprint density at radius 2 is 2.00 bits per heavy atom. The zero-order valence-electron chi connectivity index (χ0n) is 10.1. The number of halogens is 2. The number of phenols is 1. The van der Waals surface area contributed by atoms with E-state index >= 15 is 0 Å². The minimum atomic E-state index is -0.289. The summed E-state index contributed by atoms with van der Waals surface area (Å²) in [4.78, 5) is 12.1. The second kappa shape index (κ2) is 5.63. The van der Waals surface area contributed by atoms with Gasteiger partial charge in [-0.15, -0.1) is 0 Å². The zero-order chi connectivity index (χ0) is 14.0. The Morgan fingerprint density at radius 1 is 1.26 bits per heavy atom. The molecule has 5 heteroatoms. The fourth-order valence-electron chi connectivity index (χ4n) is 1.61. The fraction of sp³-hybridized carbons (Fsp3) is 0.0714. The molecule has 0 aliphatic carbocycles. The first kappa shape index (κ1) is 13.9. The van der Waals surface area contributed by atoms with Crippen molar-refractivity contribution in [3.05, 3.63) is 57.0 Å². The van der Waals surface area contributed by atoms with Crippen molar-refractivity contribution in [2.75, 3.05) is 5.32 Å². The Bertz CT molecular complexity index is 643. The van der Waals surface area contributed by atoms with E-state index < -0.39 is 0 Å². The number of benzene rings is 2. The van der Waals surface area contributed by atoms with Crippen molar-refractivity contribution in [2.45, 2.75) is 6.92 Å². The maximum Gasteiger partial charge on any atom is 0.257 e. The minimum Gasteiger partial charge on any atom is -0.508 e. The molecule has 0 bridgehead atoms. The van der Waals surface area contributed by atoms with Crippen LogP contribution < -0.4 is 5.32 Å². The van der Waals surface area contributed by atoms with Gasteiger partial charge in [-0.2, -0.15) is 0 Å². The number of aryl methyl sites for hydroxylation is 1. The number of carbonyl (C=O) groups is 1. The minimum absolute atomic E-state index is 0.194. The van der Waals surface area contributed by atoms with Crippen molar-refractivity contribution in [1.82, 2.24) is 0 Å². The van der Waals surface area contributed by atoms with Crippen LogP contribution in [0.25, 0.3) is 0 Å². The van der Waals surface area contributed by atoms with Crippen molar-refractivity contribution in [3.8, 4) is 5.75 Å². The molecule has 0 saturated heterocycles. The molecule has 2 rings (SSSR count). The van der Waals surface area contributed by atoms with Crippen molar-refractivity contribution in [3.63, 3.8) is 0 Å². The smallest absolute Gasteiger partial charge is 0.257 e. The van der Waals surface area contributed by atoms with Crippen LogP contribution in [-0.2, 0) is 0 Å². The van der Waals surface area contributed by atoms with E-state index in [2.05, 4.69) is 21.2 Å². The third-order valence-electron chi connectivity index (χ3n) is 2.63. The molecular formula is C14H11BrClNO2. The normalized spacial score (nSPS) is 10.3. The molecule has 19 heavy (non-hydrogen) atoms. The largest absolute Gasteiger partial charge is 0.508 e. The SMILES string of the molecule is Cc1cc(NC(=O)c2ccc(Br)cc2Cl)ccc1O. The van der Waals surface area contributed by atoms with Crippen LogP contribution in [0, 0.1) is 6.92 Å². The van der Waals surface area contributed by atoms with E-state index in [-0.39, 0.29) is 11.7 Å². The van der Waals surface area contributed by atoms with Gasteiger partial charge in [0.05, 0.1) is 10.6 Å². The molecule has 0 heterocycles. The van der Waals surface area contributed by atoms with E-state index in [0.717, 1.165) is 4.47 Å². The molecule has 0 unspecified atom stereocenters. The van der Waals surface area contributed by atoms with E-state index in [1.165, 1.54) is 6.07 Å². The van der Waals surface area contributed by atoms with Gasteiger partial charge in [0.15, 0.2) is 0 Å². The Hall–Kier alpha value is -1.52. The lowest BCUT2D eigenvalue weighted by atomic mass is 10.1. The highest BCUT2D eigenvalue weighted by Crippen LogP contribution is 2.24. The third kappa shape index (κ3) is 3.28. The molecule has 0 atom stereocenters. The second-order valence-electron chi connectivity index (χ2n) is 4.08. The number of rotatable bonds is 2. The molecule has 0 spiro atoms. The van der Waals surface area contributed by atoms with E-state index in [9.17, 15) is 9.90 Å². The summed E-state index contributed by atoms with van der Waals surface area (Å²) in [6, 6.07) is 9.93. The molecular weight excluding hydrogens is 330 g/mol. The molecule has 0 aliphatic heterocycles. The first-order chi connectivity index (χ1) is 8.97. The summed E-state index contributed by atoms with van der Waals surface area (Å²) in [6.07, 6.45) is 0. The molecule has 1 amide bonds. The fourth-order valence-corrected chi connectivity index (χ4v) is 2.36. The van der Waals surface area contributed by atoms with Crippen LogP contribution in [0.2, 0.25) is 5.02 Å². The summed E-state index contributed by atoms with van der Waals surface area (Å²) >= 11 is 9.30. The predicted molar refractivity (Wildman–Crippen MR) is 79.9 cm³/mol. The molecule has 0 radical (unpaired) electrons. The van der Waals surface area contributed by atoms with Gasteiger partial charge >= 0.3 is 0 Å². The number of carbonyl (C=O) groups excluding carboxylic acids is 1. The summed E-state index contributed by atoms with van der Waals surface area (Å²) in [5.74, 6) is -0.0951. The van der Waals surface area contributed by atoms with Crippen molar-refractivity contribution in [1.29, 1.82) is 0 Å². The summed E-state index contributed by atoms with van der Waals surface area (Å²) in [6.45, 7) is 1.76. The first-order valence-corrected chi connectivity index (χ1v) is 6.70. The standard InChI is InChI=1S/C14H11BrClNO2/c1-8-6-10(3-5-13(8)18)17-14(19)11-4-2-9(15)7-12(11)16/h2-7,18H,1H3,(H,17,19). The lowest BCUT2D eigenvalue weighted by Crippen LogP contribution is -2.12. The number of phenolic OH excluding ortho intramolecular Hbond substituents is 1. The van der Waals surface area contributed by atoms with Gasteiger partial charge < -0.3 is 10.4 Å². The topological polar surface area (TPSA) is 49.3 Å². The molecule has 0 saturated carbocycles. The highest BCUT2D eigenvalue weighted by atomic mass is 79.9. The maximum absolute atomic E-state index is 12.1. The molecule has 2 aromatic carbocycles. The van der Waals surface area contributed by atoms with E-state index in [4.69, 9.17) is 11.6 Å². The van der Waals surface area contributed by atoms with Gasteiger partial charge in [0, 0.05) is 10.2 Å². The van der Waals surface area contributed by atoms with Crippen LogP contribution in [0.15, 0.2) is 40.9 Å². The van der Waals surface area contributed by atoms with Gasteiger partial charge in [0.1, 0.15) is 5.75 Å². The Balaban J connectivity index is 2.23. The number of anilines is 1. The predicted octanol–water partition coefficient (Wildman–Crippen LogP) is 4.37. The van der Waals surface area contributed by atoms with Gasteiger partial charge in [-0.3, -0.25) is 4.79 Å². The van der Waals surface area contributed by atoms with Crippen LogP contribution in [0.1, 0.15) is 15.9 Å². The maximum atomic E-state index is 12.1. The highest BCUT2D eigenvalue weighted by molar-refractivity contribution is 9.10. The van der Waals surface area contributed by atoms with E-state index in [0.29, 0.717) is 21.8 Å². The van der Waals surface area contributed by atoms with Gasteiger partial charge in [-0.1, -0.05) is 27.5 Å². The number of hydrogen-bond acceptors (Lipinski definition) is 2. The van der Waals surface area contributed by atoms with E-state index in [1.807, 2.05) is 0 Å². The second-order valence-corrected chi connectivity index (χ2v) is 5.40. The quantitative estimate of drug-likeness (QED) is 0.798. The average molecular weight is 341 g/mol. The molecule has 0 aromatic heterocycles. The number of amides is 1. The summed E-state index contributed by atoms with van der Waals surface area (Å²) in [5.41, 5.74) is 1.70. The van der Waals surface area contributed by atoms with Crippen LogP contribution in [-0.4, -0.2) is 11.0 Å². The zero-order valence-corrected chi connectivity index (χ0v) is 12.4. The number of aromatic hydroxyl groups is 1. The van der Waals surface area contributed by atoms with Crippen molar-refractivity contribution < 1.29 is 9.90 Å². The average Bonchev–Trinajstić information content (AvgIpc) is 2.33. The lowest BCUT2D eigenvalue weighted by Gasteiger charge is -2.08. The summed E-state index contributed by atoms with van der Waals surface area (Å²) < 4.78 is 0.814. The highest BCUT2D eigenvalue weighted by Gasteiger charge is 2.11. The van der Waals surface area contributed by atoms with Crippen LogP contribution >= 0.6 is 27.5 Å². The van der Waals surface area contributed by atoms with Gasteiger partial charge in [-0.25, -0.2) is 0 Å². The molecule has 3 nitrogen and oxygen atoms in total. The summed E-state index contributed by atoms with van der Waals surface area (Å²) in [5, 5.41) is 12.5. The van der Waals surface area contributed by atoms with Gasteiger partial charge in [0.2, 0.25) is 0 Å². The van der Waals surface area contributed by atoms with Crippen molar-refractivity contribution in [2.24, 2.45) is 0 Å². The lowest BCUT2D eigenvalue weighted by molar-refractivity contribution is 0.102. The molecule has 2 N–H and O–H groups in total. The van der Waals surface area contributed by atoms with Gasteiger partial charge in [0.25, 0.3) is 5.91 Å². The van der Waals surface area contributed by atoms with Crippen LogP contribution in [0.4, 0.5) is 5.69 Å². The molecule has 0 fully saturated rings. The molecule has 98 valence electrons. The van der Waals surface area contributed by atoms with Gasteiger partial charge in [-0.05, 0) is 48.9 Å². The first-order valence-electron chi connectivity index (χ1n) is 5.53. The third-order valence-corrected chi connectivity index (χ3v) is 3.44. The van der Waals surface area contributed by atoms with Crippen molar-refractivity contribution >= 4 is 39.1 Å². The van der Waals surface area contributed by atoms with Crippen LogP contribution in [0.3, 0.4) is 0 Å². The monoisotopic (exact) mass is 339 g/mol. The molecule has 2 aromatic rings. The summed E-state index contributed by atoms with van der Waals surface area (Å²) in [7, 11) is 0. The number of hydrogen-bond donors (Lipinski definition) is 2. The van der Waals surface area contributed by atoms with E-state index in [1.54, 1.807) is 37.3 Å². The number of nitrogens with one attached hydrogen (secondary N) is 1. The Kier molecular flexibility index (Phi) is 4.12. The Morgan fingerprint density at radius 3 is 2.63 bits per heavy atom. The van der Waals surface area contributed by atoms with Crippen LogP contribution in [0.5, 0.6) is 5.75 Å².